The number of carbonyl (C=O) groups is 6. The van der Waals surface area contributed by atoms with Gasteiger partial charge in [-0.3, -0.25) is 19.2 Å². The molecule has 1 heterocycles. The molecule has 314 valence electrons. The molecular weight excluding hydrogens is 788 g/mol. The highest BCUT2D eigenvalue weighted by Crippen LogP contribution is 2.34. The number of para-hydroxylation sites is 3. The Balaban J connectivity index is 1.67. The molecule has 0 saturated heterocycles. The first-order valence-corrected chi connectivity index (χ1v) is 17.2. The Morgan fingerprint density at radius 2 is 1.24 bits per heavy atom. The Bertz CT molecular complexity index is 2340. The number of benzene rings is 3. The molecule has 4 aromatic rings. The number of amides is 3. The van der Waals surface area contributed by atoms with Crippen molar-refractivity contribution >= 4 is 47.2 Å². The lowest BCUT2D eigenvalue weighted by molar-refractivity contribution is -0.179. The molecule has 59 heavy (non-hydrogen) atoms. The van der Waals surface area contributed by atoms with Crippen LogP contribution in [-0.4, -0.2) is 110 Å². The van der Waals surface area contributed by atoms with E-state index in [1.807, 2.05) is 0 Å². The van der Waals surface area contributed by atoms with Crippen molar-refractivity contribution in [3.8, 4) is 28.7 Å². The van der Waals surface area contributed by atoms with Crippen molar-refractivity contribution in [1.29, 1.82) is 0 Å². The fourth-order valence-corrected chi connectivity index (χ4v) is 5.53. The second kappa shape index (κ2) is 20.5. The van der Waals surface area contributed by atoms with E-state index >= 15 is 0 Å². The first-order chi connectivity index (χ1) is 28.2. The highest BCUT2D eigenvalue weighted by molar-refractivity contribution is 6.00. The van der Waals surface area contributed by atoms with Gasteiger partial charge in [-0.2, -0.15) is 4.89 Å². The monoisotopic (exact) mass is 826 g/mol. The van der Waals surface area contributed by atoms with E-state index in [0.29, 0.717) is 0 Å². The van der Waals surface area contributed by atoms with Crippen LogP contribution >= 0.6 is 0 Å². The molecule has 3 N–H and O–H groups in total. The Morgan fingerprint density at radius 1 is 0.695 bits per heavy atom. The van der Waals surface area contributed by atoms with Gasteiger partial charge in [0.15, 0.2) is 28.6 Å². The van der Waals surface area contributed by atoms with E-state index in [0.717, 1.165) is 36.9 Å². The number of fused-ring (bicyclic) bond motifs is 1. The van der Waals surface area contributed by atoms with Crippen LogP contribution in [0.1, 0.15) is 33.6 Å². The molecule has 0 atom stereocenters. The molecule has 0 aliphatic carbocycles. The molecular formula is C37H38N4O18. The SMILES string of the molecule is COOc1cccc(C(=O)N(CCCN(CC(N)=O)C(=O)c2cccc(O)c2OC(=O)OC)CCCn2c(=O)oc3c(OC(=O)OC)cccc3c2=O)c1OC(=O)OC. The normalized spacial score (nSPS) is 10.6. The molecule has 0 aliphatic heterocycles. The number of methoxy groups -OCH3 is 3. The Labute approximate surface area is 332 Å². The summed E-state index contributed by atoms with van der Waals surface area (Å²) in [6, 6.07) is 11.7. The summed E-state index contributed by atoms with van der Waals surface area (Å²) in [5, 5.41) is 10.2. The van der Waals surface area contributed by atoms with E-state index in [9.17, 15) is 43.5 Å². The number of nitrogens with zero attached hydrogens (tertiary/aromatic N) is 3. The van der Waals surface area contributed by atoms with Crippen molar-refractivity contribution in [3.63, 3.8) is 0 Å². The van der Waals surface area contributed by atoms with Gasteiger partial charge in [0.2, 0.25) is 11.7 Å². The summed E-state index contributed by atoms with van der Waals surface area (Å²) in [4.78, 5) is 114. The number of aromatic nitrogens is 1. The molecule has 0 radical (unpaired) electrons. The van der Waals surface area contributed by atoms with Crippen LogP contribution in [0.2, 0.25) is 0 Å². The number of phenols is 1. The minimum Gasteiger partial charge on any atom is -0.504 e. The highest BCUT2D eigenvalue weighted by Gasteiger charge is 2.28. The van der Waals surface area contributed by atoms with Gasteiger partial charge in [0.1, 0.15) is 0 Å². The van der Waals surface area contributed by atoms with Gasteiger partial charge in [-0.15, -0.1) is 0 Å². The van der Waals surface area contributed by atoms with Crippen molar-refractivity contribution in [1.82, 2.24) is 14.4 Å². The van der Waals surface area contributed by atoms with Gasteiger partial charge in [-0.25, -0.2) is 23.7 Å². The Hall–Kier alpha value is -7.62. The first-order valence-electron chi connectivity index (χ1n) is 17.2. The van der Waals surface area contributed by atoms with Crippen LogP contribution in [-0.2, 0) is 30.4 Å². The van der Waals surface area contributed by atoms with E-state index in [1.165, 1.54) is 60.5 Å². The zero-order valence-corrected chi connectivity index (χ0v) is 32.0. The fraction of sp³-hybridized carbons (Fsp3) is 0.297. The minimum atomic E-state index is -1.24. The topological polar surface area (TPSA) is 281 Å². The number of hydrogen-bond donors (Lipinski definition) is 2. The molecule has 1 aromatic heterocycles. The lowest BCUT2D eigenvalue weighted by atomic mass is 10.1. The number of rotatable bonds is 17. The predicted molar refractivity (Wildman–Crippen MR) is 198 cm³/mol. The van der Waals surface area contributed by atoms with Gasteiger partial charge in [-0.05, 0) is 49.2 Å². The number of ether oxygens (including phenoxy) is 6. The van der Waals surface area contributed by atoms with Crippen LogP contribution in [0.5, 0.6) is 28.7 Å². The number of phenolic OH excluding ortho intramolecular Hbond substituents is 1. The maximum Gasteiger partial charge on any atom is 0.513 e. The van der Waals surface area contributed by atoms with E-state index < -0.39 is 65.5 Å². The molecule has 3 amide bonds. The molecule has 22 nitrogen and oxygen atoms in total. The molecule has 3 aromatic carbocycles. The maximum absolute atomic E-state index is 14.3. The van der Waals surface area contributed by atoms with E-state index in [1.54, 1.807) is 0 Å². The standard InChI is InChI=1S/C37H38N4O18/c1-51-35(48)55-25-14-6-12-23-29(25)56-34(47)41(33(23)46)19-9-17-39(31(44)22-11-7-15-26(59-54-4)30(22)58-37(50)53-3)16-8-18-40(20-27(38)43)32(45)21-10-5-13-24(42)28(21)57-36(49)52-2/h5-7,10-15,42H,8-9,16-20H2,1-4H3,(H2,38,43). The summed E-state index contributed by atoms with van der Waals surface area (Å²) < 4.78 is 34.8. The summed E-state index contributed by atoms with van der Waals surface area (Å²) in [5.41, 5.74) is 3.79. The van der Waals surface area contributed by atoms with Crippen molar-refractivity contribution in [2.75, 3.05) is 54.6 Å². The lowest BCUT2D eigenvalue weighted by Crippen LogP contribution is -2.41. The number of aromatic hydroxyl groups is 1. The van der Waals surface area contributed by atoms with Crippen LogP contribution in [0.4, 0.5) is 14.4 Å². The van der Waals surface area contributed by atoms with Crippen LogP contribution < -0.4 is 36.1 Å². The van der Waals surface area contributed by atoms with Crippen LogP contribution in [0.15, 0.2) is 68.6 Å². The van der Waals surface area contributed by atoms with E-state index in [4.69, 9.17) is 34.1 Å². The summed E-state index contributed by atoms with van der Waals surface area (Å²) in [6.45, 7) is -1.56. The number of nitrogens with two attached hydrogens (primary N) is 1. The van der Waals surface area contributed by atoms with Gasteiger partial charge in [0.25, 0.3) is 17.4 Å². The molecule has 22 heteroatoms. The smallest absolute Gasteiger partial charge is 0.504 e. The van der Waals surface area contributed by atoms with Crippen LogP contribution in [0, 0.1) is 0 Å². The molecule has 0 saturated carbocycles. The quantitative estimate of drug-likeness (QED) is 0.0508. The predicted octanol–water partition coefficient (Wildman–Crippen LogP) is 2.59. The van der Waals surface area contributed by atoms with Gasteiger partial charge in [-0.1, -0.05) is 18.2 Å². The first kappa shape index (κ1) is 44.1. The Kier molecular flexibility index (Phi) is 15.3. The highest BCUT2D eigenvalue weighted by atomic mass is 17.2. The third kappa shape index (κ3) is 11.0. The van der Waals surface area contributed by atoms with E-state index in [2.05, 4.69) is 14.2 Å². The summed E-state index contributed by atoms with van der Waals surface area (Å²) in [7, 11) is 4.28. The zero-order chi connectivity index (χ0) is 43.2. The van der Waals surface area contributed by atoms with E-state index in [-0.39, 0.29) is 78.4 Å². The largest absolute Gasteiger partial charge is 0.513 e. The molecule has 0 fully saturated rings. The molecule has 0 unspecified atom stereocenters. The van der Waals surface area contributed by atoms with Crippen LogP contribution in [0.3, 0.4) is 0 Å². The average Bonchev–Trinajstić information content (AvgIpc) is 3.21. The average molecular weight is 827 g/mol. The third-order valence-electron chi connectivity index (χ3n) is 8.12. The van der Waals surface area contributed by atoms with Crippen molar-refractivity contribution in [2.24, 2.45) is 5.73 Å². The summed E-state index contributed by atoms with van der Waals surface area (Å²) in [6.07, 6.45) is -3.69. The lowest BCUT2D eigenvalue weighted by Gasteiger charge is -2.27. The Morgan fingerprint density at radius 3 is 1.88 bits per heavy atom. The van der Waals surface area contributed by atoms with Crippen LogP contribution in [0.25, 0.3) is 11.0 Å². The maximum atomic E-state index is 14.3. The van der Waals surface area contributed by atoms with Gasteiger partial charge >= 0.3 is 24.2 Å². The number of carbonyl (C=O) groups excluding carboxylic acids is 6. The van der Waals surface area contributed by atoms with Crippen molar-refractivity contribution in [3.05, 3.63) is 86.6 Å². The zero-order valence-electron chi connectivity index (χ0n) is 32.0. The van der Waals surface area contributed by atoms with Gasteiger partial charge < -0.3 is 58.4 Å². The molecule has 0 aliphatic rings. The summed E-state index contributed by atoms with van der Waals surface area (Å²) in [5.74, 6) is -5.65. The fourth-order valence-electron chi connectivity index (χ4n) is 5.53. The van der Waals surface area contributed by atoms with Gasteiger partial charge in [0.05, 0.1) is 51.5 Å². The third-order valence-corrected chi connectivity index (χ3v) is 8.12. The second-order valence-electron chi connectivity index (χ2n) is 11.9. The number of hydrogen-bond acceptors (Lipinski definition) is 18. The van der Waals surface area contributed by atoms with Gasteiger partial charge in [0, 0.05) is 26.2 Å². The number of primary amides is 1. The van der Waals surface area contributed by atoms with Crippen molar-refractivity contribution < 1.29 is 76.5 Å². The van der Waals surface area contributed by atoms with Crippen molar-refractivity contribution in [2.45, 2.75) is 19.4 Å². The molecule has 4 rings (SSSR count). The second-order valence-corrected chi connectivity index (χ2v) is 11.9. The molecule has 0 spiro atoms. The molecule has 0 bridgehead atoms. The minimum absolute atomic E-state index is 0.0563. The summed E-state index contributed by atoms with van der Waals surface area (Å²) >= 11 is 0.